The fourth-order valence-corrected chi connectivity index (χ4v) is 5.47. The second-order valence-electron chi connectivity index (χ2n) is 4.93. The molecular weight excluding hydrogens is 260 g/mol. The first-order chi connectivity index (χ1) is 7.23. The second-order valence-corrected chi connectivity index (χ2v) is 13.3. The lowest BCUT2D eigenvalue weighted by atomic mass is 10.4. The van der Waals surface area contributed by atoms with E-state index in [9.17, 15) is 8.42 Å². The van der Waals surface area contributed by atoms with Gasteiger partial charge in [0.1, 0.15) is 0 Å². The van der Waals surface area contributed by atoms with Gasteiger partial charge in [0, 0.05) is 5.00 Å². The fraction of sp³-hybridized carbons (Fsp3) is 0.455. The Hall–Kier alpha value is -0.323. The molecule has 0 amide bonds. The second kappa shape index (κ2) is 4.90. The Morgan fingerprint density at radius 1 is 1.19 bits per heavy atom. The van der Waals surface area contributed by atoms with Gasteiger partial charge in [0.05, 0.1) is 18.7 Å². The fourth-order valence-electron chi connectivity index (χ4n) is 1.17. The third kappa shape index (κ3) is 3.61. The van der Waals surface area contributed by atoms with Crippen LogP contribution in [0.1, 0.15) is 0 Å². The zero-order chi connectivity index (χ0) is 12.4. The van der Waals surface area contributed by atoms with Crippen LogP contribution in [0.5, 0.6) is 0 Å². The molecule has 0 saturated carbocycles. The molecular formula is C11H17ClO2SSi. The topological polar surface area (TPSA) is 34.1 Å². The van der Waals surface area contributed by atoms with E-state index in [2.05, 4.69) is 19.6 Å². The van der Waals surface area contributed by atoms with E-state index < -0.39 is 17.9 Å². The predicted octanol–water partition coefficient (Wildman–Crippen LogP) is 2.95. The lowest BCUT2D eigenvalue weighted by Crippen LogP contribution is -2.39. The molecule has 0 bridgehead atoms. The molecule has 1 aromatic carbocycles. The van der Waals surface area contributed by atoms with E-state index in [1.807, 2.05) is 0 Å². The van der Waals surface area contributed by atoms with E-state index in [0.717, 1.165) is 0 Å². The Balaban J connectivity index is 2.90. The maximum atomic E-state index is 12.0. The molecule has 0 spiro atoms. The summed E-state index contributed by atoms with van der Waals surface area (Å²) >= 11 is 6.17. The third-order valence-corrected chi connectivity index (χ3v) is 8.85. The van der Waals surface area contributed by atoms with E-state index in [1.165, 1.54) is 0 Å². The van der Waals surface area contributed by atoms with Gasteiger partial charge in [0.2, 0.25) is 0 Å². The smallest absolute Gasteiger partial charge is 0.179 e. The summed E-state index contributed by atoms with van der Waals surface area (Å²) < 4.78 is 24.1. The molecule has 0 aliphatic carbocycles. The molecule has 1 rings (SSSR count). The third-order valence-electron chi connectivity index (χ3n) is 2.41. The van der Waals surface area contributed by atoms with Crippen molar-refractivity contribution in [3.63, 3.8) is 0 Å². The molecule has 1 atom stereocenters. The first kappa shape index (κ1) is 13.7. The molecule has 0 aliphatic heterocycles. The summed E-state index contributed by atoms with van der Waals surface area (Å²) in [7, 11) is -4.86. The molecule has 0 N–H and O–H groups in total. The first-order valence-electron chi connectivity index (χ1n) is 5.15. The quantitative estimate of drug-likeness (QED) is 0.626. The van der Waals surface area contributed by atoms with Crippen molar-refractivity contribution < 1.29 is 8.42 Å². The van der Waals surface area contributed by atoms with Crippen LogP contribution in [0, 0.1) is 0 Å². The summed E-state index contributed by atoms with van der Waals surface area (Å²) in [5.41, 5.74) is 0. The van der Waals surface area contributed by atoms with E-state index in [0.29, 0.717) is 4.90 Å². The molecule has 0 fully saturated rings. The van der Waals surface area contributed by atoms with Crippen LogP contribution in [0.25, 0.3) is 0 Å². The average Bonchev–Trinajstić information content (AvgIpc) is 2.17. The van der Waals surface area contributed by atoms with Gasteiger partial charge in [0.25, 0.3) is 0 Å². The van der Waals surface area contributed by atoms with Crippen molar-refractivity contribution in [3.05, 3.63) is 30.3 Å². The van der Waals surface area contributed by atoms with Crippen molar-refractivity contribution in [2.45, 2.75) is 29.5 Å². The Morgan fingerprint density at radius 3 is 2.12 bits per heavy atom. The largest absolute Gasteiger partial charge is 0.224 e. The number of halogens is 1. The van der Waals surface area contributed by atoms with Gasteiger partial charge in [-0.25, -0.2) is 8.42 Å². The van der Waals surface area contributed by atoms with E-state index in [4.69, 9.17) is 11.6 Å². The first-order valence-corrected chi connectivity index (χ1v) is 10.8. The van der Waals surface area contributed by atoms with Crippen LogP contribution < -0.4 is 0 Å². The summed E-state index contributed by atoms with van der Waals surface area (Å²) in [5, 5.41) is -0.252. The Kier molecular flexibility index (Phi) is 4.21. The Morgan fingerprint density at radius 2 is 1.69 bits per heavy atom. The van der Waals surface area contributed by atoms with Crippen LogP contribution >= 0.6 is 11.6 Å². The lowest BCUT2D eigenvalue weighted by molar-refractivity contribution is 0.596. The highest BCUT2D eigenvalue weighted by Crippen LogP contribution is 2.20. The molecule has 0 aliphatic rings. The summed E-state index contributed by atoms with van der Waals surface area (Å²) in [5.74, 6) is 0.0360. The summed E-state index contributed by atoms with van der Waals surface area (Å²) in [6, 6.07) is 8.48. The Labute approximate surface area is 104 Å². The molecule has 90 valence electrons. The number of alkyl halides is 1. The predicted molar refractivity (Wildman–Crippen MR) is 71.5 cm³/mol. The van der Waals surface area contributed by atoms with E-state index >= 15 is 0 Å². The molecule has 1 unspecified atom stereocenters. The van der Waals surface area contributed by atoms with Gasteiger partial charge >= 0.3 is 0 Å². The Bertz CT molecular complexity index is 437. The van der Waals surface area contributed by atoms with Gasteiger partial charge in [-0.05, 0) is 12.1 Å². The normalized spacial score (nSPS) is 14.8. The van der Waals surface area contributed by atoms with Gasteiger partial charge in [-0.1, -0.05) is 37.8 Å². The van der Waals surface area contributed by atoms with Crippen molar-refractivity contribution in [3.8, 4) is 0 Å². The highest BCUT2D eigenvalue weighted by Gasteiger charge is 2.30. The maximum absolute atomic E-state index is 12.0. The molecule has 0 saturated heterocycles. The monoisotopic (exact) mass is 276 g/mol. The van der Waals surface area contributed by atoms with Crippen molar-refractivity contribution in [1.29, 1.82) is 0 Å². The van der Waals surface area contributed by atoms with Crippen molar-refractivity contribution >= 4 is 29.5 Å². The number of hydrogen-bond donors (Lipinski definition) is 0. The van der Waals surface area contributed by atoms with Crippen LogP contribution in [0.15, 0.2) is 35.2 Å². The zero-order valence-corrected chi connectivity index (χ0v) is 12.3. The lowest BCUT2D eigenvalue weighted by Gasteiger charge is -2.22. The standard InChI is InChI=1S/C11H17ClO2SSi/c1-16(2,3)11(12)9-15(13,14)10-7-5-4-6-8-10/h4-8,11H,9H2,1-3H3. The molecule has 0 radical (unpaired) electrons. The maximum Gasteiger partial charge on any atom is 0.179 e. The summed E-state index contributed by atoms with van der Waals surface area (Å²) in [6.07, 6.45) is 0. The van der Waals surface area contributed by atoms with Gasteiger partial charge in [-0.2, -0.15) is 0 Å². The van der Waals surface area contributed by atoms with Crippen LogP contribution in [0.4, 0.5) is 0 Å². The number of benzene rings is 1. The number of hydrogen-bond acceptors (Lipinski definition) is 2. The summed E-state index contributed by atoms with van der Waals surface area (Å²) in [4.78, 5) is 0.360. The average molecular weight is 277 g/mol. The van der Waals surface area contributed by atoms with Crippen molar-refractivity contribution in [2.24, 2.45) is 0 Å². The molecule has 0 aromatic heterocycles. The van der Waals surface area contributed by atoms with Crippen LogP contribution in [0.2, 0.25) is 19.6 Å². The minimum Gasteiger partial charge on any atom is -0.224 e. The van der Waals surface area contributed by atoms with E-state index in [1.54, 1.807) is 30.3 Å². The van der Waals surface area contributed by atoms with Gasteiger partial charge in [-0.3, -0.25) is 0 Å². The molecule has 1 aromatic rings. The van der Waals surface area contributed by atoms with Crippen LogP contribution in [-0.2, 0) is 9.84 Å². The van der Waals surface area contributed by atoms with Crippen LogP contribution in [-0.4, -0.2) is 27.2 Å². The minimum absolute atomic E-state index is 0.0360. The highest BCUT2D eigenvalue weighted by molar-refractivity contribution is 7.91. The van der Waals surface area contributed by atoms with Gasteiger partial charge < -0.3 is 0 Å². The SMILES string of the molecule is C[Si](C)(C)C(Cl)CS(=O)(=O)c1ccccc1. The van der Waals surface area contributed by atoms with Gasteiger partial charge in [-0.15, -0.1) is 11.6 Å². The van der Waals surface area contributed by atoms with Crippen LogP contribution in [0.3, 0.4) is 0 Å². The highest BCUT2D eigenvalue weighted by atomic mass is 35.5. The zero-order valence-electron chi connectivity index (χ0n) is 9.77. The van der Waals surface area contributed by atoms with Crippen molar-refractivity contribution in [2.75, 3.05) is 5.75 Å². The minimum atomic E-state index is -3.24. The van der Waals surface area contributed by atoms with E-state index in [-0.39, 0.29) is 10.8 Å². The van der Waals surface area contributed by atoms with Crippen molar-refractivity contribution in [1.82, 2.24) is 0 Å². The molecule has 2 nitrogen and oxygen atoms in total. The molecule has 0 heterocycles. The molecule has 5 heteroatoms. The van der Waals surface area contributed by atoms with Gasteiger partial charge in [0.15, 0.2) is 9.84 Å². The number of rotatable bonds is 4. The molecule has 16 heavy (non-hydrogen) atoms. The number of sulfone groups is 1. The summed E-state index contributed by atoms with van der Waals surface area (Å²) in [6.45, 7) is 6.22.